The minimum Gasteiger partial charge on any atom is -0.341 e. The summed E-state index contributed by atoms with van der Waals surface area (Å²) in [6.07, 6.45) is 4.02. The Bertz CT molecular complexity index is 505. The zero-order valence-corrected chi connectivity index (χ0v) is 11.9. The minimum atomic E-state index is 0.424. The summed E-state index contributed by atoms with van der Waals surface area (Å²) in [5.41, 5.74) is 2.24. The van der Waals surface area contributed by atoms with Crippen LogP contribution in [0.3, 0.4) is 0 Å². The number of benzene rings is 1. The first-order chi connectivity index (χ1) is 9.25. The van der Waals surface area contributed by atoms with Crippen LogP contribution in [0.2, 0.25) is 0 Å². The third kappa shape index (κ3) is 2.52. The molecule has 0 aliphatic carbocycles. The number of likely N-dealkylation sites (tertiary alicyclic amines) is 1. The third-order valence-corrected chi connectivity index (χ3v) is 4.10. The Morgan fingerprint density at radius 1 is 1.11 bits per heavy atom. The fourth-order valence-electron chi connectivity index (χ4n) is 3.22. The molecule has 19 heavy (non-hydrogen) atoms. The van der Waals surface area contributed by atoms with Gasteiger partial charge in [-0.05, 0) is 44.0 Å². The Labute approximate surface area is 115 Å². The Morgan fingerprint density at radius 2 is 1.84 bits per heavy atom. The fourth-order valence-corrected chi connectivity index (χ4v) is 3.22. The number of para-hydroxylation sites is 2. The second kappa shape index (κ2) is 5.33. The number of H-pyrrole nitrogens is 1. The first kappa shape index (κ1) is 12.7. The van der Waals surface area contributed by atoms with Crippen LogP contribution in [0.1, 0.15) is 45.0 Å². The van der Waals surface area contributed by atoms with Gasteiger partial charge in [-0.1, -0.05) is 32.4 Å². The highest BCUT2D eigenvalue weighted by Crippen LogP contribution is 2.30. The fraction of sp³-hybridized carbons (Fsp3) is 0.562. The highest BCUT2D eigenvalue weighted by molar-refractivity contribution is 5.74. The van der Waals surface area contributed by atoms with E-state index in [2.05, 4.69) is 48.0 Å². The molecule has 1 N–H and O–H groups in total. The van der Waals surface area contributed by atoms with Gasteiger partial charge in [0.1, 0.15) is 5.82 Å². The number of fused-ring (bicyclic) bond motifs is 1. The topological polar surface area (TPSA) is 31.9 Å². The largest absolute Gasteiger partial charge is 0.341 e. The molecule has 2 heterocycles. The van der Waals surface area contributed by atoms with Crippen LogP contribution in [0, 0.1) is 5.92 Å². The molecule has 1 unspecified atom stereocenters. The number of aromatic amines is 1. The minimum absolute atomic E-state index is 0.424. The molecule has 1 atom stereocenters. The lowest BCUT2D eigenvalue weighted by molar-refractivity contribution is 0.123. The van der Waals surface area contributed by atoms with E-state index >= 15 is 0 Å². The quantitative estimate of drug-likeness (QED) is 0.908. The van der Waals surface area contributed by atoms with Gasteiger partial charge in [-0.15, -0.1) is 0 Å². The summed E-state index contributed by atoms with van der Waals surface area (Å²) >= 11 is 0. The van der Waals surface area contributed by atoms with Crippen molar-refractivity contribution in [2.24, 2.45) is 5.92 Å². The molecule has 1 fully saturated rings. The van der Waals surface area contributed by atoms with Gasteiger partial charge < -0.3 is 4.98 Å². The monoisotopic (exact) mass is 257 g/mol. The number of rotatable bonds is 3. The molecule has 0 bridgehead atoms. The van der Waals surface area contributed by atoms with Crippen LogP contribution in [0.25, 0.3) is 11.0 Å². The average molecular weight is 257 g/mol. The lowest BCUT2D eigenvalue weighted by Gasteiger charge is -2.35. The summed E-state index contributed by atoms with van der Waals surface area (Å²) in [4.78, 5) is 10.9. The van der Waals surface area contributed by atoms with E-state index in [4.69, 9.17) is 4.98 Å². The van der Waals surface area contributed by atoms with E-state index in [1.54, 1.807) is 0 Å². The molecule has 2 aromatic rings. The first-order valence-corrected chi connectivity index (χ1v) is 7.44. The first-order valence-electron chi connectivity index (χ1n) is 7.44. The molecular weight excluding hydrogens is 234 g/mol. The van der Waals surface area contributed by atoms with Crippen molar-refractivity contribution in [1.29, 1.82) is 0 Å². The van der Waals surface area contributed by atoms with Crippen LogP contribution in [0.4, 0.5) is 0 Å². The van der Waals surface area contributed by atoms with E-state index in [0.717, 1.165) is 16.9 Å². The van der Waals surface area contributed by atoms with Gasteiger partial charge in [-0.2, -0.15) is 0 Å². The van der Waals surface area contributed by atoms with Crippen molar-refractivity contribution in [3.05, 3.63) is 30.1 Å². The summed E-state index contributed by atoms with van der Waals surface area (Å²) in [5.74, 6) is 1.72. The second-order valence-electron chi connectivity index (χ2n) is 5.92. The van der Waals surface area contributed by atoms with E-state index < -0.39 is 0 Å². The zero-order valence-electron chi connectivity index (χ0n) is 11.9. The molecule has 1 saturated heterocycles. The van der Waals surface area contributed by atoms with Crippen LogP contribution >= 0.6 is 0 Å². The third-order valence-electron chi connectivity index (χ3n) is 4.10. The van der Waals surface area contributed by atoms with Gasteiger partial charge in [0.15, 0.2) is 0 Å². The number of hydrogen-bond acceptors (Lipinski definition) is 2. The molecule has 1 aromatic carbocycles. The van der Waals surface area contributed by atoms with Crippen molar-refractivity contribution in [3.63, 3.8) is 0 Å². The van der Waals surface area contributed by atoms with Crippen molar-refractivity contribution in [3.8, 4) is 0 Å². The second-order valence-corrected chi connectivity index (χ2v) is 5.92. The van der Waals surface area contributed by atoms with Gasteiger partial charge >= 0.3 is 0 Å². The molecule has 1 aliphatic rings. The number of hydrogen-bond donors (Lipinski definition) is 1. The Hall–Kier alpha value is -1.35. The van der Waals surface area contributed by atoms with Crippen LogP contribution < -0.4 is 0 Å². The molecule has 102 valence electrons. The number of imidazole rings is 1. The molecule has 0 saturated carbocycles. The standard InChI is InChI=1S/C16H23N3/c1-12(2)15(19-10-6-3-7-11-19)16-17-13-8-4-5-9-14(13)18-16/h4-5,8-9,12,15H,3,6-7,10-11H2,1-2H3,(H,17,18). The molecule has 0 amide bonds. The summed E-state index contributed by atoms with van der Waals surface area (Å²) < 4.78 is 0. The number of nitrogens with one attached hydrogen (secondary N) is 1. The number of nitrogens with zero attached hydrogens (tertiary/aromatic N) is 2. The molecule has 3 heteroatoms. The molecule has 3 rings (SSSR count). The van der Waals surface area contributed by atoms with Crippen molar-refractivity contribution in [2.45, 2.75) is 39.2 Å². The van der Waals surface area contributed by atoms with Crippen molar-refractivity contribution in [2.75, 3.05) is 13.1 Å². The molecule has 3 nitrogen and oxygen atoms in total. The van der Waals surface area contributed by atoms with Crippen LogP contribution in [-0.2, 0) is 0 Å². The van der Waals surface area contributed by atoms with Crippen molar-refractivity contribution < 1.29 is 0 Å². The molecule has 1 aromatic heterocycles. The highest BCUT2D eigenvalue weighted by Gasteiger charge is 2.27. The lowest BCUT2D eigenvalue weighted by atomic mass is 9.99. The smallest absolute Gasteiger partial charge is 0.124 e. The normalized spacial score (nSPS) is 19.1. The SMILES string of the molecule is CC(C)C(c1nc2ccccc2[nH]1)N1CCCCC1. The van der Waals surface area contributed by atoms with Crippen LogP contribution in [-0.4, -0.2) is 28.0 Å². The maximum atomic E-state index is 4.81. The van der Waals surface area contributed by atoms with Gasteiger partial charge in [0.05, 0.1) is 17.1 Å². The van der Waals surface area contributed by atoms with E-state index in [-0.39, 0.29) is 0 Å². The van der Waals surface area contributed by atoms with E-state index in [1.807, 2.05) is 0 Å². The predicted octanol–water partition coefficient (Wildman–Crippen LogP) is 3.75. The zero-order chi connectivity index (χ0) is 13.2. The van der Waals surface area contributed by atoms with Gasteiger partial charge in [-0.25, -0.2) is 4.98 Å². The van der Waals surface area contributed by atoms with E-state index in [1.165, 1.54) is 32.4 Å². The summed E-state index contributed by atoms with van der Waals surface area (Å²) in [6, 6.07) is 8.74. The maximum absolute atomic E-state index is 4.81. The van der Waals surface area contributed by atoms with Crippen molar-refractivity contribution >= 4 is 11.0 Å². The highest BCUT2D eigenvalue weighted by atomic mass is 15.2. The van der Waals surface area contributed by atoms with Crippen LogP contribution in [0.15, 0.2) is 24.3 Å². The number of piperidine rings is 1. The van der Waals surface area contributed by atoms with Gasteiger partial charge in [0, 0.05) is 0 Å². The molecule has 1 aliphatic heterocycles. The molecule has 0 spiro atoms. The van der Waals surface area contributed by atoms with Crippen LogP contribution in [0.5, 0.6) is 0 Å². The Morgan fingerprint density at radius 3 is 2.53 bits per heavy atom. The van der Waals surface area contributed by atoms with Gasteiger partial charge in [0.25, 0.3) is 0 Å². The number of aromatic nitrogens is 2. The van der Waals surface area contributed by atoms with Gasteiger partial charge in [0.2, 0.25) is 0 Å². The van der Waals surface area contributed by atoms with Crippen molar-refractivity contribution in [1.82, 2.24) is 14.9 Å². The summed E-state index contributed by atoms with van der Waals surface area (Å²) in [5, 5.41) is 0. The lowest BCUT2D eigenvalue weighted by Crippen LogP contribution is -2.36. The predicted molar refractivity (Wildman–Crippen MR) is 79.1 cm³/mol. The van der Waals surface area contributed by atoms with E-state index in [9.17, 15) is 0 Å². The summed E-state index contributed by atoms with van der Waals surface area (Å²) in [6.45, 7) is 7.01. The van der Waals surface area contributed by atoms with Gasteiger partial charge in [-0.3, -0.25) is 4.90 Å². The average Bonchev–Trinajstić information content (AvgIpc) is 2.82. The molecule has 0 radical (unpaired) electrons. The maximum Gasteiger partial charge on any atom is 0.124 e. The molecular formula is C16H23N3. The van der Waals surface area contributed by atoms with E-state index in [0.29, 0.717) is 12.0 Å². The Kier molecular flexibility index (Phi) is 3.56. The summed E-state index contributed by atoms with van der Waals surface area (Å²) in [7, 11) is 0. The Balaban J connectivity index is 1.94.